The average molecular weight is 487 g/mol. The predicted molar refractivity (Wildman–Crippen MR) is 135 cm³/mol. The van der Waals surface area contributed by atoms with E-state index in [-0.39, 0.29) is 12.3 Å². The van der Waals surface area contributed by atoms with Crippen molar-refractivity contribution in [2.45, 2.75) is 57.6 Å². The second-order valence-electron chi connectivity index (χ2n) is 8.76. The molecule has 9 heteroatoms. The molecular formula is C25H34N4O4S. The maximum absolute atomic E-state index is 12.7. The summed E-state index contributed by atoms with van der Waals surface area (Å²) < 4.78 is 5.28. The number of nitrogens with two attached hydrogens (primary N) is 1. The lowest BCUT2D eigenvalue weighted by atomic mass is 10.1. The zero-order chi connectivity index (χ0) is 25.0. The van der Waals surface area contributed by atoms with Crippen LogP contribution in [0.3, 0.4) is 0 Å². The Labute approximate surface area is 205 Å². The molecular weight excluding hydrogens is 452 g/mol. The smallest absolute Gasteiger partial charge is 0.408 e. The highest BCUT2D eigenvalue weighted by Crippen LogP contribution is 2.14. The summed E-state index contributed by atoms with van der Waals surface area (Å²) in [5.74, 6) is 0.534. The third-order valence-corrected chi connectivity index (χ3v) is 5.68. The van der Waals surface area contributed by atoms with Crippen LogP contribution in [0.4, 0.5) is 4.79 Å². The van der Waals surface area contributed by atoms with Crippen molar-refractivity contribution in [1.29, 1.82) is 0 Å². The Morgan fingerprint density at radius 1 is 0.941 bits per heavy atom. The Kier molecular flexibility index (Phi) is 10.9. The molecule has 1 unspecified atom stereocenters. The third kappa shape index (κ3) is 10.7. The van der Waals surface area contributed by atoms with E-state index in [1.165, 1.54) is 5.56 Å². The maximum Gasteiger partial charge on any atom is 0.408 e. The summed E-state index contributed by atoms with van der Waals surface area (Å²) in [5.41, 5.74) is 12.7. The molecule has 0 saturated heterocycles. The fraction of sp³-hybridized carbons (Fsp3) is 0.400. The Morgan fingerprint density at radius 2 is 1.59 bits per heavy atom. The Morgan fingerprint density at radius 3 is 2.21 bits per heavy atom. The van der Waals surface area contributed by atoms with Gasteiger partial charge in [0.15, 0.2) is 0 Å². The van der Waals surface area contributed by atoms with E-state index in [9.17, 15) is 14.4 Å². The molecule has 184 valence electrons. The molecule has 0 saturated carbocycles. The van der Waals surface area contributed by atoms with Crippen LogP contribution in [-0.4, -0.2) is 35.3 Å². The van der Waals surface area contributed by atoms with Crippen LogP contribution in [-0.2, 0) is 33.0 Å². The van der Waals surface area contributed by atoms with Gasteiger partial charge >= 0.3 is 6.09 Å². The fourth-order valence-corrected chi connectivity index (χ4v) is 3.90. The van der Waals surface area contributed by atoms with Crippen molar-refractivity contribution in [3.8, 4) is 0 Å². The predicted octanol–water partition coefficient (Wildman–Crippen LogP) is 3.05. The Bertz CT molecular complexity index is 930. The van der Waals surface area contributed by atoms with Gasteiger partial charge in [-0.05, 0) is 49.6 Å². The Balaban J connectivity index is 1.87. The molecule has 0 bridgehead atoms. The highest BCUT2D eigenvalue weighted by molar-refractivity contribution is 7.98. The zero-order valence-corrected chi connectivity index (χ0v) is 20.7. The van der Waals surface area contributed by atoms with Gasteiger partial charge in [-0.3, -0.25) is 20.4 Å². The minimum Gasteiger partial charge on any atom is -0.444 e. The molecule has 0 radical (unpaired) electrons. The molecule has 3 amide bonds. The van der Waals surface area contributed by atoms with Crippen LogP contribution < -0.4 is 21.9 Å². The van der Waals surface area contributed by atoms with Crippen molar-refractivity contribution in [3.63, 3.8) is 0 Å². The minimum absolute atomic E-state index is 0.0994. The van der Waals surface area contributed by atoms with Crippen LogP contribution in [0.2, 0.25) is 0 Å². The molecule has 5 N–H and O–H groups in total. The first kappa shape index (κ1) is 27.2. The number of benzene rings is 2. The highest BCUT2D eigenvalue weighted by Gasteiger charge is 2.24. The van der Waals surface area contributed by atoms with Crippen molar-refractivity contribution < 1.29 is 19.1 Å². The van der Waals surface area contributed by atoms with Crippen molar-refractivity contribution in [3.05, 3.63) is 71.3 Å². The van der Waals surface area contributed by atoms with Crippen LogP contribution in [0.1, 0.15) is 43.9 Å². The topological polar surface area (TPSA) is 123 Å². The van der Waals surface area contributed by atoms with Crippen LogP contribution >= 0.6 is 11.8 Å². The summed E-state index contributed by atoms with van der Waals surface area (Å²) in [6.07, 6.45) is -0.215. The first-order chi connectivity index (χ1) is 16.2. The quantitative estimate of drug-likeness (QED) is 0.302. The van der Waals surface area contributed by atoms with Crippen molar-refractivity contribution in [2.24, 2.45) is 5.73 Å². The van der Waals surface area contributed by atoms with Crippen LogP contribution in [0.5, 0.6) is 0 Å². The number of thioether (sulfide) groups is 1. The monoisotopic (exact) mass is 486 g/mol. The van der Waals surface area contributed by atoms with E-state index in [0.717, 1.165) is 16.9 Å². The largest absolute Gasteiger partial charge is 0.444 e. The summed E-state index contributed by atoms with van der Waals surface area (Å²) in [6, 6.07) is 16.5. The van der Waals surface area contributed by atoms with Gasteiger partial charge in [0.05, 0.1) is 6.42 Å². The molecule has 2 aromatic rings. The lowest BCUT2D eigenvalue weighted by molar-refractivity contribution is -0.129. The summed E-state index contributed by atoms with van der Waals surface area (Å²) in [7, 11) is 0. The number of amides is 3. The van der Waals surface area contributed by atoms with Crippen LogP contribution in [0, 0.1) is 0 Å². The Hall–Kier alpha value is -3.04. The first-order valence-electron chi connectivity index (χ1n) is 11.1. The number of hydrogen-bond donors (Lipinski definition) is 4. The number of alkyl carbamates (subject to hydrolysis) is 1. The zero-order valence-electron chi connectivity index (χ0n) is 19.9. The van der Waals surface area contributed by atoms with E-state index in [1.807, 2.05) is 54.6 Å². The van der Waals surface area contributed by atoms with Crippen molar-refractivity contribution >= 4 is 29.7 Å². The molecule has 1 atom stereocenters. The third-order valence-electron chi connectivity index (χ3n) is 4.62. The second-order valence-corrected chi connectivity index (χ2v) is 9.87. The van der Waals surface area contributed by atoms with E-state index >= 15 is 0 Å². The molecule has 0 heterocycles. The van der Waals surface area contributed by atoms with Gasteiger partial charge in [0.2, 0.25) is 5.91 Å². The molecule has 0 aliphatic heterocycles. The lowest BCUT2D eigenvalue weighted by Crippen LogP contribution is -2.53. The minimum atomic E-state index is -0.859. The lowest BCUT2D eigenvalue weighted by Gasteiger charge is -2.23. The van der Waals surface area contributed by atoms with Gasteiger partial charge in [-0.25, -0.2) is 4.79 Å². The SMILES string of the molecule is CC(C)(C)OC(=O)NC(CCSCc1ccccc1)C(=O)NNC(=O)Cc1ccc(CN)cc1. The average Bonchev–Trinajstić information content (AvgIpc) is 2.79. The molecule has 0 aromatic heterocycles. The van der Waals surface area contributed by atoms with Gasteiger partial charge in [0.25, 0.3) is 5.91 Å². The van der Waals surface area contributed by atoms with Crippen LogP contribution in [0.15, 0.2) is 54.6 Å². The van der Waals surface area contributed by atoms with E-state index in [1.54, 1.807) is 32.5 Å². The van der Waals surface area contributed by atoms with Gasteiger partial charge in [-0.15, -0.1) is 0 Å². The standard InChI is InChI=1S/C25H34N4O4S/c1-25(2,3)33-24(32)27-21(13-14-34-17-20-7-5-4-6-8-20)23(31)29-28-22(30)15-18-9-11-19(16-26)12-10-18/h4-12,21H,13-17,26H2,1-3H3,(H,27,32)(H,28,30)(H,29,31). The summed E-state index contributed by atoms with van der Waals surface area (Å²) >= 11 is 1.65. The highest BCUT2D eigenvalue weighted by atomic mass is 32.2. The number of ether oxygens (including phenoxy) is 1. The first-order valence-corrected chi connectivity index (χ1v) is 12.3. The summed E-state index contributed by atoms with van der Waals surface area (Å²) in [6.45, 7) is 5.67. The second kappa shape index (κ2) is 13.6. The summed E-state index contributed by atoms with van der Waals surface area (Å²) in [4.78, 5) is 37.2. The van der Waals surface area contributed by atoms with Gasteiger partial charge < -0.3 is 15.8 Å². The van der Waals surface area contributed by atoms with Crippen molar-refractivity contribution in [2.75, 3.05) is 5.75 Å². The molecule has 0 fully saturated rings. The van der Waals surface area contributed by atoms with E-state index in [0.29, 0.717) is 18.7 Å². The molecule has 0 spiro atoms. The molecule has 0 aliphatic rings. The molecule has 2 rings (SSSR count). The number of hydrazine groups is 1. The molecule has 0 aliphatic carbocycles. The van der Waals surface area contributed by atoms with E-state index in [2.05, 4.69) is 16.2 Å². The number of rotatable bonds is 10. The van der Waals surface area contributed by atoms with Gasteiger partial charge in [0.1, 0.15) is 11.6 Å². The van der Waals surface area contributed by atoms with Crippen molar-refractivity contribution in [1.82, 2.24) is 16.2 Å². The normalized spacial score (nSPS) is 11.9. The number of carbonyl (C=O) groups is 3. The number of nitrogens with one attached hydrogen (secondary N) is 3. The van der Waals surface area contributed by atoms with Gasteiger partial charge in [-0.2, -0.15) is 11.8 Å². The van der Waals surface area contributed by atoms with Gasteiger partial charge in [-0.1, -0.05) is 54.6 Å². The molecule has 2 aromatic carbocycles. The number of hydrogen-bond acceptors (Lipinski definition) is 6. The molecule has 34 heavy (non-hydrogen) atoms. The van der Waals surface area contributed by atoms with Gasteiger partial charge in [0, 0.05) is 12.3 Å². The summed E-state index contributed by atoms with van der Waals surface area (Å²) in [5, 5.41) is 2.61. The fourth-order valence-electron chi connectivity index (χ4n) is 2.93. The van der Waals surface area contributed by atoms with E-state index in [4.69, 9.17) is 10.5 Å². The van der Waals surface area contributed by atoms with E-state index < -0.39 is 23.6 Å². The molecule has 8 nitrogen and oxygen atoms in total. The van der Waals surface area contributed by atoms with Crippen LogP contribution in [0.25, 0.3) is 0 Å². The maximum atomic E-state index is 12.7. The number of carbonyl (C=O) groups excluding carboxylic acids is 3.